The number of primary amides is 2. The SMILES string of the molecule is CC(C)(c1ccc(OC(F)(F)C(F)(F)C(N)=O)cc1)c1ccc(OC(F)(F)C(F)(F)C(N)=O)cc1. The van der Waals surface area contributed by atoms with E-state index in [-0.39, 0.29) is 0 Å². The van der Waals surface area contributed by atoms with Crippen molar-refractivity contribution in [1.29, 1.82) is 0 Å². The van der Waals surface area contributed by atoms with Crippen LogP contribution in [0.2, 0.25) is 0 Å². The summed E-state index contributed by atoms with van der Waals surface area (Å²) >= 11 is 0. The number of alkyl halides is 8. The Morgan fingerprint density at radius 3 is 1.09 bits per heavy atom. The van der Waals surface area contributed by atoms with Gasteiger partial charge in [0.25, 0.3) is 11.8 Å². The first-order valence-corrected chi connectivity index (χ1v) is 9.46. The molecule has 0 aliphatic rings. The topological polar surface area (TPSA) is 105 Å². The summed E-state index contributed by atoms with van der Waals surface area (Å²) in [5, 5.41) is 0. The van der Waals surface area contributed by atoms with Gasteiger partial charge in [-0.05, 0) is 35.4 Å². The van der Waals surface area contributed by atoms with E-state index in [1.165, 1.54) is 24.3 Å². The summed E-state index contributed by atoms with van der Waals surface area (Å²) in [7, 11) is 0. The van der Waals surface area contributed by atoms with Crippen LogP contribution in [0.25, 0.3) is 0 Å². The second-order valence-electron chi connectivity index (χ2n) is 7.79. The van der Waals surface area contributed by atoms with E-state index in [2.05, 4.69) is 20.9 Å². The molecule has 4 N–H and O–H groups in total. The van der Waals surface area contributed by atoms with Crippen LogP contribution in [-0.2, 0) is 15.0 Å². The van der Waals surface area contributed by atoms with Crippen molar-refractivity contribution >= 4 is 11.8 Å². The summed E-state index contributed by atoms with van der Waals surface area (Å²) in [6, 6.07) is 8.63. The van der Waals surface area contributed by atoms with Gasteiger partial charge in [-0.15, -0.1) is 0 Å². The number of carbonyl (C=O) groups excluding carboxylic acids is 2. The fraction of sp³-hybridized carbons (Fsp3) is 0.333. The van der Waals surface area contributed by atoms with Crippen molar-refractivity contribution < 1.29 is 54.2 Å². The zero-order chi connectivity index (χ0) is 27.0. The van der Waals surface area contributed by atoms with E-state index in [4.69, 9.17) is 0 Å². The number of amides is 2. The number of rotatable bonds is 10. The van der Waals surface area contributed by atoms with Crippen molar-refractivity contribution in [3.63, 3.8) is 0 Å². The Morgan fingerprint density at radius 2 is 0.857 bits per heavy atom. The highest BCUT2D eigenvalue weighted by Crippen LogP contribution is 2.39. The molecule has 0 atom stereocenters. The number of halogens is 8. The molecule has 14 heteroatoms. The highest BCUT2D eigenvalue weighted by molar-refractivity contribution is 5.83. The molecule has 35 heavy (non-hydrogen) atoms. The Bertz CT molecular complexity index is 1000. The average Bonchev–Trinajstić information content (AvgIpc) is 2.73. The standard InChI is InChI=1S/C21H18F8N2O4/c1-17(2,11-3-7-13(8-4-11)34-20(26,27)18(22,23)15(30)32)12-5-9-14(10-6-12)35-21(28,29)19(24,25)16(31)33/h3-10H,1-2H3,(H2,30,32)(H2,31,33). The summed E-state index contributed by atoms with van der Waals surface area (Å²) < 4.78 is 115. The van der Waals surface area contributed by atoms with E-state index < -0.39 is 52.8 Å². The smallest absolute Gasteiger partial charge is 0.428 e. The molecule has 0 aliphatic carbocycles. The number of hydrogen-bond acceptors (Lipinski definition) is 4. The van der Waals surface area contributed by atoms with E-state index >= 15 is 0 Å². The van der Waals surface area contributed by atoms with Gasteiger partial charge in [-0.1, -0.05) is 38.1 Å². The van der Waals surface area contributed by atoms with Crippen LogP contribution in [0.4, 0.5) is 35.1 Å². The number of benzene rings is 2. The third-order valence-corrected chi connectivity index (χ3v) is 4.99. The lowest BCUT2D eigenvalue weighted by atomic mass is 9.78. The Morgan fingerprint density at radius 1 is 0.600 bits per heavy atom. The largest absolute Gasteiger partial charge is 0.474 e. The Kier molecular flexibility index (Phi) is 7.03. The number of carbonyl (C=O) groups is 2. The molecule has 0 fully saturated rings. The van der Waals surface area contributed by atoms with Crippen molar-refractivity contribution in [3.05, 3.63) is 59.7 Å². The van der Waals surface area contributed by atoms with Crippen LogP contribution in [0.1, 0.15) is 25.0 Å². The summed E-state index contributed by atoms with van der Waals surface area (Å²) in [6.07, 6.45) is -10.4. The lowest BCUT2D eigenvalue weighted by Crippen LogP contribution is -2.53. The molecule has 0 radical (unpaired) electrons. The van der Waals surface area contributed by atoms with E-state index in [0.717, 1.165) is 24.3 Å². The molecule has 2 aromatic rings. The van der Waals surface area contributed by atoms with Crippen LogP contribution in [0.15, 0.2) is 48.5 Å². The van der Waals surface area contributed by atoms with Crippen LogP contribution in [0, 0.1) is 0 Å². The third-order valence-electron chi connectivity index (χ3n) is 4.99. The van der Waals surface area contributed by atoms with Gasteiger partial charge in [-0.2, -0.15) is 35.1 Å². The minimum Gasteiger partial charge on any atom is -0.428 e. The molecule has 0 bridgehead atoms. The molecule has 2 aromatic carbocycles. The summed E-state index contributed by atoms with van der Waals surface area (Å²) in [5.74, 6) is -17.1. The summed E-state index contributed by atoms with van der Waals surface area (Å²) in [6.45, 7) is 3.23. The molecule has 0 aliphatic heterocycles. The maximum absolute atomic E-state index is 13.6. The monoisotopic (exact) mass is 514 g/mol. The molecule has 2 amide bonds. The van der Waals surface area contributed by atoms with E-state index in [1.54, 1.807) is 13.8 Å². The van der Waals surface area contributed by atoms with Crippen molar-refractivity contribution in [2.24, 2.45) is 11.5 Å². The predicted octanol–water partition coefficient (Wildman–Crippen LogP) is 4.20. The molecular formula is C21H18F8N2O4. The molecule has 0 saturated carbocycles. The maximum atomic E-state index is 13.6. The molecule has 0 saturated heterocycles. The lowest BCUT2D eigenvalue weighted by molar-refractivity contribution is -0.294. The number of nitrogens with two attached hydrogens (primary N) is 2. The molecule has 6 nitrogen and oxygen atoms in total. The first-order chi connectivity index (χ1) is 15.8. The normalized spacial score (nSPS) is 13.3. The Hall–Kier alpha value is -3.58. The van der Waals surface area contributed by atoms with Crippen molar-refractivity contribution in [2.75, 3.05) is 0 Å². The van der Waals surface area contributed by atoms with Gasteiger partial charge in [0.2, 0.25) is 0 Å². The minimum atomic E-state index is -5.27. The zero-order valence-corrected chi connectivity index (χ0v) is 17.9. The van der Waals surface area contributed by atoms with Gasteiger partial charge in [0.15, 0.2) is 0 Å². The minimum absolute atomic E-state index is 0.411. The average molecular weight is 514 g/mol. The van der Waals surface area contributed by atoms with Crippen LogP contribution in [0.3, 0.4) is 0 Å². The van der Waals surface area contributed by atoms with Gasteiger partial charge >= 0.3 is 24.1 Å². The number of hydrogen-bond donors (Lipinski definition) is 2. The first-order valence-electron chi connectivity index (χ1n) is 9.46. The quantitative estimate of drug-likeness (QED) is 0.464. The third kappa shape index (κ3) is 5.25. The second kappa shape index (κ2) is 8.89. The van der Waals surface area contributed by atoms with E-state index in [0.29, 0.717) is 11.1 Å². The predicted molar refractivity (Wildman–Crippen MR) is 104 cm³/mol. The molecule has 0 heterocycles. The molecule has 0 spiro atoms. The summed E-state index contributed by atoms with van der Waals surface area (Å²) in [4.78, 5) is 21.2. The highest BCUT2D eigenvalue weighted by atomic mass is 19.3. The summed E-state index contributed by atoms with van der Waals surface area (Å²) in [5.41, 5.74) is 8.43. The van der Waals surface area contributed by atoms with Gasteiger partial charge in [0, 0.05) is 5.41 Å². The van der Waals surface area contributed by atoms with Crippen molar-refractivity contribution in [1.82, 2.24) is 0 Å². The second-order valence-corrected chi connectivity index (χ2v) is 7.79. The lowest BCUT2D eigenvalue weighted by Gasteiger charge is -2.28. The fourth-order valence-electron chi connectivity index (χ4n) is 2.76. The Labute approximate surface area is 192 Å². The van der Waals surface area contributed by atoms with Crippen molar-refractivity contribution in [3.8, 4) is 11.5 Å². The van der Waals surface area contributed by atoms with Crippen LogP contribution < -0.4 is 20.9 Å². The van der Waals surface area contributed by atoms with Gasteiger partial charge in [-0.3, -0.25) is 9.59 Å². The van der Waals surface area contributed by atoms with Gasteiger partial charge in [0.1, 0.15) is 11.5 Å². The number of ether oxygens (including phenoxy) is 2. The van der Waals surface area contributed by atoms with E-state index in [1.807, 2.05) is 0 Å². The molecule has 192 valence electrons. The van der Waals surface area contributed by atoms with Gasteiger partial charge < -0.3 is 20.9 Å². The van der Waals surface area contributed by atoms with E-state index in [9.17, 15) is 44.7 Å². The Balaban J connectivity index is 2.22. The van der Waals surface area contributed by atoms with Crippen LogP contribution in [-0.4, -0.2) is 35.9 Å². The molecular weight excluding hydrogens is 496 g/mol. The maximum Gasteiger partial charge on any atom is 0.474 e. The molecule has 2 rings (SSSR count). The zero-order valence-electron chi connectivity index (χ0n) is 17.9. The van der Waals surface area contributed by atoms with Crippen molar-refractivity contribution in [2.45, 2.75) is 43.3 Å². The first kappa shape index (κ1) is 27.7. The van der Waals surface area contributed by atoms with Crippen LogP contribution >= 0.6 is 0 Å². The molecule has 0 unspecified atom stereocenters. The fourth-order valence-corrected chi connectivity index (χ4v) is 2.76. The van der Waals surface area contributed by atoms with Gasteiger partial charge in [-0.25, -0.2) is 0 Å². The highest BCUT2D eigenvalue weighted by Gasteiger charge is 2.65. The molecule has 0 aromatic heterocycles. The van der Waals surface area contributed by atoms with Gasteiger partial charge in [0.05, 0.1) is 0 Å². The van der Waals surface area contributed by atoms with Crippen LogP contribution in [0.5, 0.6) is 11.5 Å².